The lowest BCUT2D eigenvalue weighted by molar-refractivity contribution is -0.305. The molecule has 0 aliphatic carbocycles. The van der Waals surface area contributed by atoms with Gasteiger partial charge in [0.15, 0.2) is 0 Å². The van der Waals surface area contributed by atoms with E-state index in [-0.39, 0.29) is 5.02 Å². The van der Waals surface area contributed by atoms with E-state index in [0.717, 1.165) is 12.1 Å². The van der Waals surface area contributed by atoms with Crippen molar-refractivity contribution in [2.75, 3.05) is 12.4 Å². The van der Waals surface area contributed by atoms with Gasteiger partial charge >= 0.3 is 18.0 Å². The molecule has 0 saturated heterocycles. The minimum atomic E-state index is -5.65. The summed E-state index contributed by atoms with van der Waals surface area (Å²) in [6.45, 7) is 0. The lowest BCUT2D eigenvalue weighted by atomic mass is 10.1. The Kier molecular flexibility index (Phi) is 4.79. The second-order valence-corrected chi connectivity index (χ2v) is 4.13. The van der Waals surface area contributed by atoms with Crippen molar-refractivity contribution in [3.8, 4) is 0 Å². The van der Waals surface area contributed by atoms with E-state index in [2.05, 4.69) is 4.74 Å². The highest BCUT2D eigenvalue weighted by atomic mass is 35.5. The number of carboxylic acids is 1. The maximum Gasteiger partial charge on any atom is 0.458 e. The summed E-state index contributed by atoms with van der Waals surface area (Å²) in [7, 11) is 0.350. The van der Waals surface area contributed by atoms with Crippen molar-refractivity contribution in [3.05, 3.63) is 28.8 Å². The molecule has 0 spiro atoms. The fourth-order valence-corrected chi connectivity index (χ4v) is 1.64. The van der Waals surface area contributed by atoms with Gasteiger partial charge in [-0.3, -0.25) is 4.79 Å². The number of halogens is 5. The first kappa shape index (κ1) is 17.2. The molecule has 10 heteroatoms. The van der Waals surface area contributed by atoms with Crippen LogP contribution in [0.25, 0.3) is 0 Å². The zero-order valence-corrected chi connectivity index (χ0v) is 11.0. The number of hydrogen-bond acceptors (Lipinski definition) is 3. The minimum absolute atomic E-state index is 0.339. The van der Waals surface area contributed by atoms with E-state index in [1.54, 1.807) is 0 Å². The normalized spacial score (nSPS) is 14.4. The molecule has 0 aliphatic heterocycles. The molecule has 0 saturated carbocycles. The lowest BCUT2D eigenvalue weighted by Gasteiger charge is -2.25. The van der Waals surface area contributed by atoms with Gasteiger partial charge in [-0.25, -0.2) is 4.79 Å². The number of alkyl halides is 4. The smallest absolute Gasteiger partial charge is 0.458 e. The maximum atomic E-state index is 13.6. The SMILES string of the molecule is CO[C@@](F)(C(=O)Nc1cccc(Cl)c1C(=O)O)C(F)(F)F. The van der Waals surface area contributed by atoms with Crippen LogP contribution in [-0.4, -0.2) is 36.1 Å². The number of carbonyl (C=O) groups is 2. The predicted molar refractivity (Wildman–Crippen MR) is 63.9 cm³/mol. The quantitative estimate of drug-likeness (QED) is 0.833. The fourth-order valence-electron chi connectivity index (χ4n) is 1.39. The van der Waals surface area contributed by atoms with Crippen LogP contribution in [0.5, 0.6) is 0 Å². The molecule has 0 unspecified atom stereocenters. The minimum Gasteiger partial charge on any atom is -0.478 e. The van der Waals surface area contributed by atoms with Gasteiger partial charge in [-0.2, -0.15) is 17.6 Å². The fraction of sp³-hybridized carbons (Fsp3) is 0.273. The summed E-state index contributed by atoms with van der Waals surface area (Å²) in [5.74, 6) is -8.45. The van der Waals surface area contributed by atoms with Crippen LogP contribution in [0.15, 0.2) is 18.2 Å². The molecule has 0 bridgehead atoms. The first-order chi connectivity index (χ1) is 9.54. The summed E-state index contributed by atoms with van der Waals surface area (Å²) in [5.41, 5.74) is -1.27. The van der Waals surface area contributed by atoms with E-state index in [1.807, 2.05) is 0 Å². The van der Waals surface area contributed by atoms with E-state index in [9.17, 15) is 27.2 Å². The number of anilines is 1. The number of carboxylic acid groups (broad SMARTS) is 1. The Hall–Kier alpha value is -1.87. The topological polar surface area (TPSA) is 75.6 Å². The van der Waals surface area contributed by atoms with Crippen molar-refractivity contribution < 1.29 is 37.0 Å². The van der Waals surface area contributed by atoms with Crippen LogP contribution in [0.4, 0.5) is 23.2 Å². The molecule has 0 aromatic heterocycles. The first-order valence-corrected chi connectivity index (χ1v) is 5.56. The summed E-state index contributed by atoms with van der Waals surface area (Å²) < 4.78 is 54.7. The van der Waals surface area contributed by atoms with Crippen LogP contribution in [0.1, 0.15) is 10.4 Å². The number of amides is 1. The van der Waals surface area contributed by atoms with Gasteiger partial charge in [-0.15, -0.1) is 0 Å². The number of nitrogens with one attached hydrogen (secondary N) is 1. The molecule has 2 N–H and O–H groups in total. The number of rotatable bonds is 4. The molecule has 0 heterocycles. The Bertz CT molecular complexity index is 578. The average molecular weight is 330 g/mol. The highest BCUT2D eigenvalue weighted by Crippen LogP contribution is 2.36. The van der Waals surface area contributed by atoms with Crippen molar-refractivity contribution in [2.24, 2.45) is 0 Å². The van der Waals surface area contributed by atoms with Crippen molar-refractivity contribution in [3.63, 3.8) is 0 Å². The van der Waals surface area contributed by atoms with Crippen LogP contribution in [0, 0.1) is 0 Å². The summed E-state index contributed by atoms with van der Waals surface area (Å²) in [6.07, 6.45) is -5.65. The van der Waals surface area contributed by atoms with Crippen molar-refractivity contribution in [2.45, 2.75) is 12.0 Å². The molecule has 1 atom stereocenters. The van der Waals surface area contributed by atoms with Crippen molar-refractivity contribution in [1.82, 2.24) is 0 Å². The van der Waals surface area contributed by atoms with Gasteiger partial charge in [0.2, 0.25) is 0 Å². The third-order valence-electron chi connectivity index (χ3n) is 2.41. The van der Waals surface area contributed by atoms with Crippen LogP contribution in [0.3, 0.4) is 0 Å². The van der Waals surface area contributed by atoms with Crippen molar-refractivity contribution in [1.29, 1.82) is 0 Å². The third-order valence-corrected chi connectivity index (χ3v) is 2.73. The highest BCUT2D eigenvalue weighted by Gasteiger charge is 2.63. The Morgan fingerprint density at radius 3 is 2.29 bits per heavy atom. The Balaban J connectivity index is 3.21. The van der Waals surface area contributed by atoms with E-state index < -0.39 is 35.2 Å². The van der Waals surface area contributed by atoms with E-state index >= 15 is 0 Å². The van der Waals surface area contributed by atoms with E-state index in [1.165, 1.54) is 11.4 Å². The molecule has 0 aliphatic rings. The highest BCUT2D eigenvalue weighted by molar-refractivity contribution is 6.34. The zero-order valence-electron chi connectivity index (χ0n) is 10.3. The van der Waals surface area contributed by atoms with Crippen LogP contribution >= 0.6 is 11.6 Å². The Labute approximate surface area is 120 Å². The van der Waals surface area contributed by atoms with E-state index in [4.69, 9.17) is 16.7 Å². The molecule has 1 aromatic carbocycles. The monoisotopic (exact) mass is 329 g/mol. The molecule has 116 valence electrons. The van der Waals surface area contributed by atoms with Gasteiger partial charge in [0.25, 0.3) is 5.91 Å². The number of benzene rings is 1. The molecule has 5 nitrogen and oxygen atoms in total. The van der Waals surface area contributed by atoms with Gasteiger partial charge < -0.3 is 15.2 Å². The summed E-state index contributed by atoms with van der Waals surface area (Å²) >= 11 is 5.57. The summed E-state index contributed by atoms with van der Waals surface area (Å²) in [5, 5.41) is 10.1. The lowest BCUT2D eigenvalue weighted by Crippen LogP contribution is -2.52. The zero-order chi connectivity index (χ0) is 16.4. The number of carbonyl (C=O) groups excluding carboxylic acids is 1. The van der Waals surface area contributed by atoms with Crippen LogP contribution in [0.2, 0.25) is 5.02 Å². The second kappa shape index (κ2) is 5.86. The molecule has 0 radical (unpaired) electrons. The van der Waals surface area contributed by atoms with Gasteiger partial charge in [0, 0.05) is 7.11 Å². The van der Waals surface area contributed by atoms with Crippen molar-refractivity contribution >= 4 is 29.2 Å². The van der Waals surface area contributed by atoms with Crippen LogP contribution < -0.4 is 5.32 Å². The molecule has 21 heavy (non-hydrogen) atoms. The first-order valence-electron chi connectivity index (χ1n) is 5.18. The largest absolute Gasteiger partial charge is 0.478 e. The number of aromatic carboxylic acids is 1. The van der Waals surface area contributed by atoms with Crippen LogP contribution in [-0.2, 0) is 9.53 Å². The van der Waals surface area contributed by atoms with Gasteiger partial charge in [0.1, 0.15) is 5.56 Å². The molecular weight excluding hydrogens is 322 g/mol. The number of ether oxygens (including phenoxy) is 1. The predicted octanol–water partition coefficient (Wildman–Crippen LogP) is 2.85. The van der Waals surface area contributed by atoms with E-state index in [0.29, 0.717) is 7.11 Å². The molecular formula is C11H8ClF4NO4. The number of hydrogen-bond donors (Lipinski definition) is 2. The summed E-state index contributed by atoms with van der Waals surface area (Å²) in [6, 6.07) is 3.27. The van der Waals surface area contributed by atoms with Gasteiger partial charge in [0.05, 0.1) is 10.7 Å². The molecule has 1 amide bonds. The molecule has 1 rings (SSSR count). The summed E-state index contributed by atoms with van der Waals surface area (Å²) in [4.78, 5) is 22.4. The average Bonchev–Trinajstić information content (AvgIpc) is 2.35. The van der Waals surface area contributed by atoms with Gasteiger partial charge in [-0.05, 0) is 12.1 Å². The van der Waals surface area contributed by atoms with Gasteiger partial charge in [-0.1, -0.05) is 17.7 Å². The second-order valence-electron chi connectivity index (χ2n) is 3.72. The Morgan fingerprint density at radius 1 is 1.29 bits per heavy atom. The molecule has 1 aromatic rings. The maximum absolute atomic E-state index is 13.6. The standard InChI is InChI=1S/C11H8ClF4NO4/c1-21-10(13,11(14,15)16)9(20)17-6-4-2-3-5(12)7(6)8(18)19/h2-4H,1H3,(H,17,20)(H,18,19)/t10-/m0/s1. The molecule has 0 fully saturated rings. The third kappa shape index (κ3) is 3.24. The Morgan fingerprint density at radius 2 is 1.86 bits per heavy atom. The number of methoxy groups -OCH3 is 1.